The van der Waals surface area contributed by atoms with E-state index >= 15 is 0 Å². The lowest BCUT2D eigenvalue weighted by Crippen LogP contribution is -2.42. The zero-order valence-corrected chi connectivity index (χ0v) is 17.9. The number of carbonyl (C=O) groups is 2. The van der Waals surface area contributed by atoms with Crippen molar-refractivity contribution in [1.82, 2.24) is 10.3 Å². The molecule has 0 radical (unpaired) electrons. The van der Waals surface area contributed by atoms with Gasteiger partial charge in [-0.1, -0.05) is 12.1 Å². The third-order valence-electron chi connectivity index (χ3n) is 5.47. The molecule has 1 amide bonds. The van der Waals surface area contributed by atoms with Gasteiger partial charge in [0.2, 0.25) is 0 Å². The summed E-state index contributed by atoms with van der Waals surface area (Å²) in [6.45, 7) is 0. The van der Waals surface area contributed by atoms with Gasteiger partial charge in [-0.05, 0) is 47.5 Å². The van der Waals surface area contributed by atoms with Crippen molar-refractivity contribution in [1.29, 1.82) is 0 Å². The molecule has 1 unspecified atom stereocenters. The Morgan fingerprint density at radius 3 is 2.50 bits per heavy atom. The lowest BCUT2D eigenvalue weighted by atomic mass is 10.0. The second-order valence-corrected chi connectivity index (χ2v) is 7.59. The summed E-state index contributed by atoms with van der Waals surface area (Å²) in [6.07, 6.45) is 1.24. The highest BCUT2D eigenvalue weighted by atomic mass is 19.1. The molecular formula is C25H19F3N2O4. The monoisotopic (exact) mass is 468 g/mol. The molecule has 3 N–H and O–H groups in total. The van der Waals surface area contributed by atoms with Crippen molar-refractivity contribution in [2.45, 2.75) is 12.5 Å². The molecule has 0 aliphatic heterocycles. The van der Waals surface area contributed by atoms with Crippen molar-refractivity contribution in [3.05, 3.63) is 89.4 Å². The number of hydrogen-bond acceptors (Lipinski definition) is 3. The van der Waals surface area contributed by atoms with Crippen molar-refractivity contribution < 1.29 is 32.6 Å². The number of carboxylic acid groups (broad SMARTS) is 1. The summed E-state index contributed by atoms with van der Waals surface area (Å²) in [5.74, 6) is -4.15. The fourth-order valence-electron chi connectivity index (χ4n) is 3.75. The van der Waals surface area contributed by atoms with E-state index in [1.54, 1.807) is 6.07 Å². The Morgan fingerprint density at radius 2 is 1.82 bits per heavy atom. The SMILES string of the molecule is COc1ccc(-c2ccc(C(=O)NC(Cc3c[nH]c4cccc(F)c34)C(=O)O)c(F)c2)c(F)c1. The van der Waals surface area contributed by atoms with Crippen LogP contribution in [0.4, 0.5) is 13.2 Å². The molecular weight excluding hydrogens is 449 g/mol. The molecule has 0 saturated carbocycles. The number of nitrogens with one attached hydrogen (secondary N) is 2. The minimum Gasteiger partial charge on any atom is -0.497 e. The highest BCUT2D eigenvalue weighted by Gasteiger charge is 2.25. The second kappa shape index (κ2) is 9.30. The van der Waals surface area contributed by atoms with Crippen LogP contribution in [-0.4, -0.2) is 35.1 Å². The Bertz CT molecular complexity index is 1400. The third-order valence-corrected chi connectivity index (χ3v) is 5.47. The smallest absolute Gasteiger partial charge is 0.326 e. The fourth-order valence-corrected chi connectivity index (χ4v) is 3.75. The van der Waals surface area contributed by atoms with Gasteiger partial charge in [-0.15, -0.1) is 0 Å². The molecule has 0 fully saturated rings. The van der Waals surface area contributed by atoms with E-state index in [0.717, 1.165) is 18.2 Å². The number of benzene rings is 3. The van der Waals surface area contributed by atoms with Crippen molar-refractivity contribution in [2.24, 2.45) is 0 Å². The Labute approximate surface area is 192 Å². The first-order valence-electron chi connectivity index (χ1n) is 10.2. The third kappa shape index (κ3) is 4.45. The number of rotatable bonds is 7. The van der Waals surface area contributed by atoms with Crippen molar-refractivity contribution >= 4 is 22.8 Å². The number of H-pyrrole nitrogens is 1. The highest BCUT2D eigenvalue weighted by Crippen LogP contribution is 2.28. The molecule has 4 aromatic rings. The molecule has 1 atom stereocenters. The van der Waals surface area contributed by atoms with Crippen LogP contribution in [0, 0.1) is 17.5 Å². The number of aromatic amines is 1. The zero-order chi connectivity index (χ0) is 24.4. The van der Waals surface area contributed by atoms with E-state index in [2.05, 4.69) is 10.3 Å². The first kappa shape index (κ1) is 22.9. The Hall–Kier alpha value is -4.27. The summed E-state index contributed by atoms with van der Waals surface area (Å²) >= 11 is 0. The Morgan fingerprint density at radius 1 is 1.03 bits per heavy atom. The summed E-state index contributed by atoms with van der Waals surface area (Å²) in [6, 6.07) is 10.5. The van der Waals surface area contributed by atoms with Crippen molar-refractivity contribution in [3.63, 3.8) is 0 Å². The first-order valence-corrected chi connectivity index (χ1v) is 10.2. The van der Waals surface area contributed by atoms with Crippen LogP contribution in [0.2, 0.25) is 0 Å². The highest BCUT2D eigenvalue weighted by molar-refractivity contribution is 5.97. The molecule has 0 aliphatic carbocycles. The number of ether oxygens (including phenoxy) is 1. The summed E-state index contributed by atoms with van der Waals surface area (Å²) in [5.41, 5.74) is 0.730. The van der Waals surface area contributed by atoms with E-state index in [9.17, 15) is 27.9 Å². The molecule has 3 aromatic carbocycles. The van der Waals surface area contributed by atoms with Crippen molar-refractivity contribution in [2.75, 3.05) is 7.11 Å². The fraction of sp³-hybridized carbons (Fsp3) is 0.120. The van der Waals surface area contributed by atoms with Gasteiger partial charge in [-0.25, -0.2) is 18.0 Å². The van der Waals surface area contributed by atoms with Gasteiger partial charge in [-0.3, -0.25) is 4.79 Å². The number of amides is 1. The van der Waals surface area contributed by atoms with Gasteiger partial charge in [0.15, 0.2) is 0 Å². The molecule has 0 saturated heterocycles. The van der Waals surface area contributed by atoms with Crippen LogP contribution in [0.5, 0.6) is 5.75 Å². The standard InChI is InChI=1S/C25H19F3N2O4/c1-34-15-6-8-16(20(28)11-15)13-5-7-17(19(27)9-13)24(31)30-22(25(32)33)10-14-12-29-21-4-2-3-18(26)23(14)21/h2-9,11-12,22,29H,10H2,1H3,(H,30,31)(H,32,33). The number of carbonyl (C=O) groups excluding carboxylic acids is 1. The molecule has 6 nitrogen and oxygen atoms in total. The van der Waals surface area contributed by atoms with Crippen LogP contribution in [-0.2, 0) is 11.2 Å². The molecule has 4 rings (SSSR count). The number of halogens is 3. The lowest BCUT2D eigenvalue weighted by Gasteiger charge is -2.15. The van der Waals surface area contributed by atoms with Crippen molar-refractivity contribution in [3.8, 4) is 16.9 Å². The Balaban J connectivity index is 1.56. The van der Waals surface area contributed by atoms with E-state index in [-0.39, 0.29) is 22.9 Å². The van der Waals surface area contributed by atoms with Gasteiger partial charge in [0.25, 0.3) is 5.91 Å². The maximum atomic E-state index is 14.7. The molecule has 1 aromatic heterocycles. The van der Waals surface area contributed by atoms with E-state index < -0.39 is 40.9 Å². The van der Waals surface area contributed by atoms with E-state index in [0.29, 0.717) is 16.8 Å². The van der Waals surface area contributed by atoms with Crippen LogP contribution in [0.3, 0.4) is 0 Å². The topological polar surface area (TPSA) is 91.4 Å². The molecule has 9 heteroatoms. The van der Waals surface area contributed by atoms with Gasteiger partial charge in [-0.2, -0.15) is 0 Å². The van der Waals surface area contributed by atoms with Crippen LogP contribution >= 0.6 is 0 Å². The van der Waals surface area contributed by atoms with Crippen LogP contribution in [0.25, 0.3) is 22.0 Å². The van der Waals surface area contributed by atoms with Crippen LogP contribution in [0.1, 0.15) is 15.9 Å². The number of aromatic nitrogens is 1. The minimum atomic E-state index is -1.44. The van der Waals surface area contributed by atoms with Crippen LogP contribution in [0.15, 0.2) is 60.8 Å². The van der Waals surface area contributed by atoms with Crippen LogP contribution < -0.4 is 10.1 Å². The summed E-state index contributed by atoms with van der Waals surface area (Å²) in [5, 5.41) is 12.1. The van der Waals surface area contributed by atoms with Gasteiger partial charge >= 0.3 is 5.97 Å². The number of carboxylic acids is 1. The van der Waals surface area contributed by atoms with Gasteiger partial charge in [0.1, 0.15) is 29.2 Å². The maximum Gasteiger partial charge on any atom is 0.326 e. The summed E-state index contributed by atoms with van der Waals surface area (Å²) in [7, 11) is 1.39. The predicted molar refractivity (Wildman–Crippen MR) is 119 cm³/mol. The molecule has 0 bridgehead atoms. The Kier molecular flexibility index (Phi) is 6.27. The first-order chi connectivity index (χ1) is 16.3. The lowest BCUT2D eigenvalue weighted by molar-refractivity contribution is -0.139. The average molecular weight is 468 g/mol. The molecule has 1 heterocycles. The number of hydrogen-bond donors (Lipinski definition) is 3. The average Bonchev–Trinajstić information content (AvgIpc) is 3.22. The molecule has 34 heavy (non-hydrogen) atoms. The minimum absolute atomic E-state index is 0.108. The molecule has 0 spiro atoms. The molecule has 0 aliphatic rings. The van der Waals surface area contributed by atoms with Gasteiger partial charge < -0.3 is 20.1 Å². The summed E-state index contributed by atoms with van der Waals surface area (Å²) < 4.78 is 48.2. The number of methoxy groups -OCH3 is 1. The van der Waals surface area contributed by atoms with E-state index in [1.165, 1.54) is 43.6 Å². The summed E-state index contributed by atoms with van der Waals surface area (Å²) in [4.78, 5) is 27.3. The zero-order valence-electron chi connectivity index (χ0n) is 17.9. The maximum absolute atomic E-state index is 14.7. The second-order valence-electron chi connectivity index (χ2n) is 7.59. The van der Waals surface area contributed by atoms with Gasteiger partial charge in [0, 0.05) is 35.2 Å². The van der Waals surface area contributed by atoms with Gasteiger partial charge in [0.05, 0.1) is 12.7 Å². The quantitative estimate of drug-likeness (QED) is 0.367. The number of fused-ring (bicyclic) bond motifs is 1. The molecule has 174 valence electrons. The van der Waals surface area contributed by atoms with E-state index in [1.807, 2.05) is 0 Å². The van der Waals surface area contributed by atoms with E-state index in [4.69, 9.17) is 4.74 Å². The normalized spacial score (nSPS) is 11.9. The predicted octanol–water partition coefficient (Wildman–Crippen LogP) is 4.69. The largest absolute Gasteiger partial charge is 0.497 e. The number of aliphatic carboxylic acids is 1.